The first-order chi connectivity index (χ1) is 17.8. The topological polar surface area (TPSA) is 141 Å². The van der Waals surface area contributed by atoms with Crippen LogP contribution in [-0.4, -0.2) is 115 Å². The van der Waals surface area contributed by atoms with Crippen molar-refractivity contribution in [2.75, 3.05) is 59.7 Å². The van der Waals surface area contributed by atoms with Crippen molar-refractivity contribution in [1.29, 1.82) is 0 Å². The summed E-state index contributed by atoms with van der Waals surface area (Å²) in [5.41, 5.74) is 0.994. The number of methoxy groups -OCH3 is 1. The molecule has 0 radical (unpaired) electrons. The van der Waals surface area contributed by atoms with E-state index in [4.69, 9.17) is 19.3 Å². The Morgan fingerprint density at radius 1 is 1.27 bits per heavy atom. The summed E-state index contributed by atoms with van der Waals surface area (Å²) >= 11 is 2.06. The summed E-state index contributed by atoms with van der Waals surface area (Å²) in [5.74, 6) is 0.126. The van der Waals surface area contributed by atoms with Gasteiger partial charge in [-0.25, -0.2) is 0 Å². The summed E-state index contributed by atoms with van der Waals surface area (Å²) in [6.45, 7) is 4.93. The van der Waals surface area contributed by atoms with Crippen LogP contribution in [0, 0.1) is 3.57 Å². The number of ether oxygens (including phenoxy) is 3. The molecule has 0 bridgehead atoms. The molecule has 0 saturated carbocycles. The van der Waals surface area contributed by atoms with E-state index in [-0.39, 0.29) is 32.1 Å². The summed E-state index contributed by atoms with van der Waals surface area (Å²) in [5, 5.41) is 32.8. The number of hydrogen-bond acceptors (Lipinski definition) is 9. The van der Waals surface area contributed by atoms with Gasteiger partial charge in [0.25, 0.3) is 0 Å². The number of aliphatic hydroxyl groups excluding tert-OH is 3. The number of aliphatic hydroxyl groups is 3. The molecule has 1 aromatic rings. The third kappa shape index (κ3) is 7.77. The van der Waals surface area contributed by atoms with Gasteiger partial charge < -0.3 is 39.7 Å². The van der Waals surface area contributed by atoms with Crippen molar-refractivity contribution >= 4 is 34.4 Å². The molecule has 206 valence electrons. The van der Waals surface area contributed by atoms with Gasteiger partial charge in [-0.1, -0.05) is 0 Å². The molecule has 1 aliphatic heterocycles. The maximum atomic E-state index is 12.9. The van der Waals surface area contributed by atoms with Crippen molar-refractivity contribution in [1.82, 2.24) is 15.1 Å². The van der Waals surface area contributed by atoms with Crippen LogP contribution in [0.4, 0.5) is 0 Å². The predicted molar refractivity (Wildman–Crippen MR) is 143 cm³/mol. The molecule has 2 aliphatic rings. The van der Waals surface area contributed by atoms with E-state index in [1.54, 1.807) is 23.1 Å². The Kier molecular flexibility index (Phi) is 11.4. The number of halogens is 1. The maximum Gasteiger partial charge on any atom is 0.247 e. The molecule has 12 heteroatoms. The average Bonchev–Trinajstić information content (AvgIpc) is 2.90. The number of morpholine rings is 1. The molecule has 2 amide bonds. The Hall–Kier alpha value is -1.97. The van der Waals surface area contributed by atoms with Crippen molar-refractivity contribution in [3.05, 3.63) is 32.9 Å². The summed E-state index contributed by atoms with van der Waals surface area (Å²) in [7, 11) is 1.48. The summed E-state index contributed by atoms with van der Waals surface area (Å²) in [6, 6.07) is 2.68. The van der Waals surface area contributed by atoms with Crippen LogP contribution in [0.2, 0.25) is 0 Å². The Morgan fingerprint density at radius 2 is 2.00 bits per heavy atom. The minimum Gasteiger partial charge on any atom is -0.493 e. The van der Waals surface area contributed by atoms with E-state index in [2.05, 4.69) is 32.8 Å². The Bertz CT molecular complexity index is 970. The van der Waals surface area contributed by atoms with Crippen LogP contribution in [0.25, 0.3) is 0 Å². The van der Waals surface area contributed by atoms with Crippen LogP contribution in [-0.2, 0) is 20.9 Å². The summed E-state index contributed by atoms with van der Waals surface area (Å²) < 4.78 is 17.7. The molecule has 3 rings (SSSR count). The standard InChI is InChI=1S/C25H36IN3O8/c1-16(32)29(5-4-28-6-9-36-10-7-28)20-13-18(25(34)27-3-8-30)14-21(23(20)33)37-24-19(26)11-17(15-31)12-22(24)35-2/h11-12,14,20-21,23,30-31,33H,3-10,13,15H2,1-2H3,(H,27,34). The van der Waals surface area contributed by atoms with Crippen LogP contribution in [0.3, 0.4) is 0 Å². The molecule has 4 N–H and O–H groups in total. The van der Waals surface area contributed by atoms with E-state index in [9.17, 15) is 19.8 Å². The van der Waals surface area contributed by atoms with Crippen molar-refractivity contribution < 1.29 is 39.1 Å². The summed E-state index contributed by atoms with van der Waals surface area (Å²) in [6.07, 6.45) is -0.385. The SMILES string of the molecule is COc1cc(CO)cc(I)c1OC1C=C(C(=O)NCCO)CC(N(CCN2CCOCC2)C(C)=O)C1O. The maximum absolute atomic E-state index is 12.9. The third-order valence-corrected chi connectivity index (χ3v) is 7.31. The van der Waals surface area contributed by atoms with Crippen molar-refractivity contribution in [3.8, 4) is 11.5 Å². The van der Waals surface area contributed by atoms with Gasteiger partial charge in [0, 0.05) is 51.6 Å². The molecule has 1 heterocycles. The second kappa shape index (κ2) is 14.3. The molecule has 37 heavy (non-hydrogen) atoms. The molecule has 0 spiro atoms. The fourth-order valence-corrected chi connectivity index (χ4v) is 5.32. The number of nitrogens with one attached hydrogen (secondary N) is 1. The van der Waals surface area contributed by atoms with Gasteiger partial charge in [0.2, 0.25) is 11.8 Å². The highest BCUT2D eigenvalue weighted by Gasteiger charge is 2.40. The molecule has 0 aromatic heterocycles. The zero-order chi connectivity index (χ0) is 26.9. The van der Waals surface area contributed by atoms with E-state index in [0.717, 1.165) is 13.1 Å². The van der Waals surface area contributed by atoms with Gasteiger partial charge in [-0.3, -0.25) is 14.5 Å². The average molecular weight is 633 g/mol. The second-order valence-corrected chi connectivity index (χ2v) is 10.1. The normalized spacial score (nSPS) is 22.2. The van der Waals surface area contributed by atoms with Gasteiger partial charge in [0.05, 0.1) is 43.1 Å². The molecule has 3 atom stereocenters. The summed E-state index contributed by atoms with van der Waals surface area (Å²) in [4.78, 5) is 29.4. The predicted octanol–water partition coefficient (Wildman–Crippen LogP) is -0.112. The molecule has 3 unspecified atom stereocenters. The van der Waals surface area contributed by atoms with E-state index in [0.29, 0.717) is 52.5 Å². The van der Waals surface area contributed by atoms with E-state index < -0.39 is 24.2 Å². The van der Waals surface area contributed by atoms with Crippen LogP contribution >= 0.6 is 22.6 Å². The van der Waals surface area contributed by atoms with Crippen molar-refractivity contribution in [2.45, 2.75) is 38.2 Å². The highest BCUT2D eigenvalue weighted by atomic mass is 127. The van der Waals surface area contributed by atoms with E-state index >= 15 is 0 Å². The lowest BCUT2D eigenvalue weighted by atomic mass is 9.88. The largest absolute Gasteiger partial charge is 0.493 e. The number of benzene rings is 1. The van der Waals surface area contributed by atoms with Gasteiger partial charge in [-0.15, -0.1) is 0 Å². The lowest BCUT2D eigenvalue weighted by Gasteiger charge is -2.41. The number of nitrogens with zero attached hydrogens (tertiary/aromatic N) is 2. The molecule has 1 saturated heterocycles. The number of rotatable bonds is 11. The zero-order valence-electron chi connectivity index (χ0n) is 21.2. The van der Waals surface area contributed by atoms with E-state index in [1.165, 1.54) is 14.0 Å². The molecule has 1 fully saturated rings. The van der Waals surface area contributed by atoms with Gasteiger partial charge in [-0.05, 0) is 46.4 Å². The van der Waals surface area contributed by atoms with E-state index in [1.807, 2.05) is 0 Å². The molecule has 1 aromatic carbocycles. The van der Waals surface area contributed by atoms with Crippen LogP contribution in [0.15, 0.2) is 23.8 Å². The van der Waals surface area contributed by atoms with Crippen LogP contribution in [0.1, 0.15) is 18.9 Å². The van der Waals surface area contributed by atoms with Gasteiger partial charge >= 0.3 is 0 Å². The van der Waals surface area contributed by atoms with Gasteiger partial charge in [0.1, 0.15) is 12.2 Å². The number of carbonyl (C=O) groups excluding carboxylic acids is 2. The van der Waals surface area contributed by atoms with Crippen LogP contribution < -0.4 is 14.8 Å². The molecular weight excluding hydrogens is 597 g/mol. The first-order valence-electron chi connectivity index (χ1n) is 12.3. The number of amides is 2. The first-order valence-corrected chi connectivity index (χ1v) is 13.4. The van der Waals surface area contributed by atoms with Crippen molar-refractivity contribution in [3.63, 3.8) is 0 Å². The van der Waals surface area contributed by atoms with Crippen molar-refractivity contribution in [2.24, 2.45) is 0 Å². The number of hydrogen-bond donors (Lipinski definition) is 4. The second-order valence-electron chi connectivity index (χ2n) is 8.95. The monoisotopic (exact) mass is 633 g/mol. The molecular formula is C25H36IN3O8. The first kappa shape index (κ1) is 29.6. The number of carbonyl (C=O) groups is 2. The fraction of sp³-hybridized carbons (Fsp3) is 0.600. The quantitative estimate of drug-likeness (QED) is 0.246. The highest BCUT2D eigenvalue weighted by Crippen LogP contribution is 2.37. The fourth-order valence-electron chi connectivity index (χ4n) is 4.53. The lowest BCUT2D eigenvalue weighted by Crippen LogP contribution is -2.56. The lowest BCUT2D eigenvalue weighted by molar-refractivity contribution is -0.136. The minimum atomic E-state index is -1.12. The van der Waals surface area contributed by atoms with Gasteiger partial charge in [-0.2, -0.15) is 0 Å². The third-order valence-electron chi connectivity index (χ3n) is 6.51. The molecule has 1 aliphatic carbocycles. The Balaban J connectivity index is 1.90. The molecule has 11 nitrogen and oxygen atoms in total. The minimum absolute atomic E-state index is 0.0801. The van der Waals surface area contributed by atoms with Crippen LogP contribution in [0.5, 0.6) is 11.5 Å². The van der Waals surface area contributed by atoms with Gasteiger partial charge in [0.15, 0.2) is 11.5 Å². The smallest absolute Gasteiger partial charge is 0.247 e. The Morgan fingerprint density at radius 3 is 2.62 bits per heavy atom. The Labute approximate surface area is 230 Å². The zero-order valence-corrected chi connectivity index (χ0v) is 23.3. The highest BCUT2D eigenvalue weighted by molar-refractivity contribution is 14.1.